The van der Waals surface area contributed by atoms with Crippen molar-refractivity contribution in [3.8, 4) is 0 Å². The van der Waals surface area contributed by atoms with Gasteiger partial charge in [0.2, 0.25) is 0 Å². The van der Waals surface area contributed by atoms with Gasteiger partial charge in [-0.25, -0.2) is 0 Å². The number of likely N-dealkylation sites (tertiary alicyclic amines) is 1. The third-order valence-electron chi connectivity index (χ3n) is 2.79. The summed E-state index contributed by atoms with van der Waals surface area (Å²) in [4.78, 5) is 25.3. The van der Waals surface area contributed by atoms with Crippen molar-refractivity contribution in [1.29, 1.82) is 0 Å². The van der Waals surface area contributed by atoms with Crippen LogP contribution in [-0.2, 0) is 4.79 Å². The van der Waals surface area contributed by atoms with E-state index in [0.29, 0.717) is 24.3 Å². The maximum Gasteiger partial charge on any atom is 0.295 e. The lowest BCUT2D eigenvalue weighted by Gasteiger charge is -2.14. The van der Waals surface area contributed by atoms with E-state index >= 15 is 0 Å². The van der Waals surface area contributed by atoms with Crippen LogP contribution in [0.15, 0.2) is 24.3 Å². The van der Waals surface area contributed by atoms with Gasteiger partial charge in [0.05, 0.1) is 5.56 Å². The first-order valence-corrected chi connectivity index (χ1v) is 5.38. The summed E-state index contributed by atoms with van der Waals surface area (Å²) in [7, 11) is 0. The van der Waals surface area contributed by atoms with Crippen LogP contribution in [0, 0.1) is 0 Å². The van der Waals surface area contributed by atoms with Crippen molar-refractivity contribution in [3.05, 3.63) is 29.8 Å². The minimum absolute atomic E-state index is 0.305. The number of ketones is 1. The summed E-state index contributed by atoms with van der Waals surface area (Å²) in [5.41, 5.74) is 6.33. The zero-order valence-corrected chi connectivity index (χ0v) is 8.98. The second kappa shape index (κ2) is 4.35. The summed E-state index contributed by atoms with van der Waals surface area (Å²) in [6, 6.07) is 6.67. The molecular formula is C12H14N2O2. The first-order chi connectivity index (χ1) is 7.70. The van der Waals surface area contributed by atoms with Crippen LogP contribution in [0.5, 0.6) is 0 Å². The van der Waals surface area contributed by atoms with Gasteiger partial charge in [-0.2, -0.15) is 0 Å². The highest BCUT2D eigenvalue weighted by Gasteiger charge is 2.26. The van der Waals surface area contributed by atoms with Gasteiger partial charge in [-0.05, 0) is 25.0 Å². The van der Waals surface area contributed by atoms with Gasteiger partial charge < -0.3 is 10.6 Å². The number of nitrogen functional groups attached to an aromatic ring is 1. The van der Waals surface area contributed by atoms with E-state index in [1.807, 2.05) is 0 Å². The first kappa shape index (κ1) is 10.7. The Labute approximate surface area is 94.0 Å². The molecule has 84 valence electrons. The SMILES string of the molecule is Nc1ccccc1C(=O)C(=O)N1CCCC1. The molecule has 1 heterocycles. The molecule has 1 amide bonds. The summed E-state index contributed by atoms with van der Waals surface area (Å²) in [5.74, 6) is -0.935. The van der Waals surface area contributed by atoms with Gasteiger partial charge in [0, 0.05) is 18.8 Å². The van der Waals surface area contributed by atoms with E-state index < -0.39 is 11.7 Å². The predicted octanol–water partition coefficient (Wildman–Crippen LogP) is 1.07. The zero-order chi connectivity index (χ0) is 11.5. The Kier molecular flexibility index (Phi) is 2.90. The third-order valence-corrected chi connectivity index (χ3v) is 2.79. The van der Waals surface area contributed by atoms with Gasteiger partial charge in [0.15, 0.2) is 0 Å². The molecule has 0 aromatic heterocycles. The lowest BCUT2D eigenvalue weighted by Crippen LogP contribution is -2.34. The van der Waals surface area contributed by atoms with Gasteiger partial charge in [-0.3, -0.25) is 9.59 Å². The molecule has 0 atom stereocenters. The largest absolute Gasteiger partial charge is 0.398 e. The summed E-state index contributed by atoms with van der Waals surface area (Å²) in [6.07, 6.45) is 1.95. The Morgan fingerprint density at radius 3 is 2.38 bits per heavy atom. The Balaban J connectivity index is 2.19. The van der Waals surface area contributed by atoms with Crippen LogP contribution < -0.4 is 5.73 Å². The molecule has 0 aliphatic carbocycles. The van der Waals surface area contributed by atoms with Gasteiger partial charge >= 0.3 is 0 Å². The van der Waals surface area contributed by atoms with Crippen LogP contribution in [0.25, 0.3) is 0 Å². The Hall–Kier alpha value is -1.84. The fourth-order valence-electron chi connectivity index (χ4n) is 1.88. The molecule has 1 aromatic rings. The number of anilines is 1. The molecule has 4 nitrogen and oxygen atoms in total. The van der Waals surface area contributed by atoms with E-state index in [4.69, 9.17) is 5.73 Å². The number of Topliss-reactive ketones (excluding diaryl/α,β-unsaturated/α-hetero) is 1. The van der Waals surface area contributed by atoms with Gasteiger partial charge in [0.1, 0.15) is 0 Å². The second-order valence-corrected chi connectivity index (χ2v) is 3.92. The number of carbonyl (C=O) groups is 2. The molecule has 1 aliphatic heterocycles. The van der Waals surface area contributed by atoms with Crippen molar-refractivity contribution < 1.29 is 9.59 Å². The highest BCUT2D eigenvalue weighted by Crippen LogP contribution is 2.15. The maximum atomic E-state index is 11.9. The molecule has 0 radical (unpaired) electrons. The number of rotatable bonds is 2. The summed E-state index contributed by atoms with van der Waals surface area (Å²) >= 11 is 0. The molecule has 1 aliphatic rings. The fraction of sp³-hybridized carbons (Fsp3) is 0.333. The maximum absolute atomic E-state index is 11.9. The molecule has 0 spiro atoms. The van der Waals surface area contributed by atoms with Crippen LogP contribution in [0.4, 0.5) is 5.69 Å². The van der Waals surface area contributed by atoms with Crippen molar-refractivity contribution in [2.24, 2.45) is 0 Å². The number of nitrogens with zero attached hydrogens (tertiary/aromatic N) is 1. The molecular weight excluding hydrogens is 204 g/mol. The number of hydrogen-bond donors (Lipinski definition) is 1. The number of benzene rings is 1. The predicted molar refractivity (Wildman–Crippen MR) is 61.0 cm³/mol. The van der Waals surface area contributed by atoms with E-state index in [9.17, 15) is 9.59 Å². The summed E-state index contributed by atoms with van der Waals surface area (Å²) < 4.78 is 0. The van der Waals surface area contributed by atoms with Gasteiger partial charge in [-0.15, -0.1) is 0 Å². The minimum Gasteiger partial charge on any atom is -0.398 e. The van der Waals surface area contributed by atoms with Gasteiger partial charge in [-0.1, -0.05) is 12.1 Å². The number of para-hydroxylation sites is 1. The quantitative estimate of drug-likeness (QED) is 0.459. The van der Waals surface area contributed by atoms with Crippen molar-refractivity contribution in [2.45, 2.75) is 12.8 Å². The Morgan fingerprint density at radius 1 is 1.12 bits per heavy atom. The Morgan fingerprint density at radius 2 is 1.75 bits per heavy atom. The number of carbonyl (C=O) groups excluding carboxylic acids is 2. The average molecular weight is 218 g/mol. The number of amides is 1. The molecule has 1 fully saturated rings. The zero-order valence-electron chi connectivity index (χ0n) is 8.98. The van der Waals surface area contributed by atoms with E-state index in [1.54, 1.807) is 29.2 Å². The average Bonchev–Trinajstić information content (AvgIpc) is 2.81. The number of nitrogens with two attached hydrogens (primary N) is 1. The fourth-order valence-corrected chi connectivity index (χ4v) is 1.88. The van der Waals surface area contributed by atoms with Gasteiger partial charge in [0.25, 0.3) is 11.7 Å². The molecule has 16 heavy (non-hydrogen) atoms. The molecule has 4 heteroatoms. The van der Waals surface area contributed by atoms with E-state index in [-0.39, 0.29) is 0 Å². The van der Waals surface area contributed by atoms with Crippen molar-refractivity contribution in [3.63, 3.8) is 0 Å². The highest BCUT2D eigenvalue weighted by atomic mass is 16.2. The molecule has 1 saturated heterocycles. The molecule has 1 aromatic carbocycles. The van der Waals surface area contributed by atoms with Crippen LogP contribution >= 0.6 is 0 Å². The smallest absolute Gasteiger partial charge is 0.295 e. The third kappa shape index (κ3) is 1.91. The van der Waals surface area contributed by atoms with Crippen LogP contribution in [0.1, 0.15) is 23.2 Å². The van der Waals surface area contributed by atoms with Crippen molar-refractivity contribution >= 4 is 17.4 Å². The monoisotopic (exact) mass is 218 g/mol. The first-order valence-electron chi connectivity index (χ1n) is 5.38. The molecule has 0 bridgehead atoms. The lowest BCUT2D eigenvalue weighted by atomic mass is 10.1. The molecule has 0 unspecified atom stereocenters. The molecule has 2 rings (SSSR count). The Bertz CT molecular complexity index is 423. The minimum atomic E-state index is -0.500. The summed E-state index contributed by atoms with van der Waals surface area (Å²) in [6.45, 7) is 1.36. The van der Waals surface area contributed by atoms with Crippen LogP contribution in [-0.4, -0.2) is 29.7 Å². The van der Waals surface area contributed by atoms with E-state index in [0.717, 1.165) is 12.8 Å². The van der Waals surface area contributed by atoms with Crippen molar-refractivity contribution in [1.82, 2.24) is 4.90 Å². The van der Waals surface area contributed by atoms with Crippen molar-refractivity contribution in [2.75, 3.05) is 18.8 Å². The molecule has 0 saturated carbocycles. The summed E-state index contributed by atoms with van der Waals surface area (Å²) in [5, 5.41) is 0. The lowest BCUT2D eigenvalue weighted by molar-refractivity contribution is -0.125. The normalized spacial score (nSPS) is 15.1. The topological polar surface area (TPSA) is 63.4 Å². The standard InChI is InChI=1S/C12H14N2O2/c13-10-6-2-1-5-9(10)11(15)12(16)14-7-3-4-8-14/h1-2,5-6H,3-4,7-8,13H2. The number of hydrogen-bond acceptors (Lipinski definition) is 3. The van der Waals surface area contributed by atoms with E-state index in [2.05, 4.69) is 0 Å². The highest BCUT2D eigenvalue weighted by molar-refractivity contribution is 6.43. The van der Waals surface area contributed by atoms with E-state index in [1.165, 1.54) is 0 Å². The second-order valence-electron chi connectivity index (χ2n) is 3.92. The van der Waals surface area contributed by atoms with Crippen LogP contribution in [0.2, 0.25) is 0 Å². The molecule has 2 N–H and O–H groups in total. The van der Waals surface area contributed by atoms with Crippen LogP contribution in [0.3, 0.4) is 0 Å².